The van der Waals surface area contributed by atoms with Crippen LogP contribution in [0, 0.1) is 5.92 Å². The summed E-state index contributed by atoms with van der Waals surface area (Å²) in [5.74, 6) is 1.21. The first-order valence-corrected chi connectivity index (χ1v) is 5.85. The SMILES string of the molecule is COc1ccc(Cl)cc1C(CN=C=O)C(C)C. The molecule has 1 unspecified atom stereocenters. The van der Waals surface area contributed by atoms with Crippen LogP contribution in [0.2, 0.25) is 5.02 Å². The van der Waals surface area contributed by atoms with E-state index in [1.165, 1.54) is 0 Å². The van der Waals surface area contributed by atoms with Crippen molar-refractivity contribution in [1.82, 2.24) is 0 Å². The number of rotatable bonds is 5. The minimum absolute atomic E-state index is 0.102. The topological polar surface area (TPSA) is 38.7 Å². The van der Waals surface area contributed by atoms with Crippen molar-refractivity contribution in [2.75, 3.05) is 13.7 Å². The zero-order valence-electron chi connectivity index (χ0n) is 10.2. The second kappa shape index (κ2) is 6.43. The van der Waals surface area contributed by atoms with Gasteiger partial charge in [0.1, 0.15) is 5.75 Å². The lowest BCUT2D eigenvalue weighted by atomic mass is 9.88. The van der Waals surface area contributed by atoms with Gasteiger partial charge in [0, 0.05) is 16.5 Å². The molecule has 1 aromatic rings. The number of aliphatic imine (C=N–C) groups is 1. The fourth-order valence-electron chi connectivity index (χ4n) is 1.80. The van der Waals surface area contributed by atoms with Gasteiger partial charge >= 0.3 is 0 Å². The standard InChI is InChI=1S/C13H16ClNO2/c1-9(2)12(7-15-8-16)11-6-10(14)4-5-13(11)17-3/h4-6,9,12H,7H2,1-3H3. The van der Waals surface area contributed by atoms with Gasteiger partial charge in [-0.2, -0.15) is 0 Å². The predicted molar refractivity (Wildman–Crippen MR) is 68.6 cm³/mol. The van der Waals surface area contributed by atoms with E-state index in [-0.39, 0.29) is 5.92 Å². The van der Waals surface area contributed by atoms with Crippen molar-refractivity contribution in [2.24, 2.45) is 10.9 Å². The minimum atomic E-state index is 0.102. The third kappa shape index (κ3) is 3.58. The molecular formula is C13H16ClNO2. The first-order valence-electron chi connectivity index (χ1n) is 5.47. The Morgan fingerprint density at radius 2 is 2.18 bits per heavy atom. The number of benzene rings is 1. The molecule has 0 fully saturated rings. The molecule has 0 spiro atoms. The Bertz CT molecular complexity index is 425. The highest BCUT2D eigenvalue weighted by Gasteiger charge is 2.19. The number of isocyanates is 1. The molecule has 1 aromatic carbocycles. The van der Waals surface area contributed by atoms with Gasteiger partial charge in [-0.15, -0.1) is 0 Å². The van der Waals surface area contributed by atoms with Crippen LogP contribution in [0.1, 0.15) is 25.3 Å². The molecule has 1 atom stereocenters. The number of halogens is 1. The molecule has 0 bridgehead atoms. The zero-order chi connectivity index (χ0) is 12.8. The minimum Gasteiger partial charge on any atom is -0.496 e. The Morgan fingerprint density at radius 3 is 2.71 bits per heavy atom. The molecule has 17 heavy (non-hydrogen) atoms. The molecule has 92 valence electrons. The highest BCUT2D eigenvalue weighted by Crippen LogP contribution is 2.34. The monoisotopic (exact) mass is 253 g/mol. The van der Waals surface area contributed by atoms with Crippen molar-refractivity contribution >= 4 is 17.7 Å². The van der Waals surface area contributed by atoms with Gasteiger partial charge in [0.2, 0.25) is 6.08 Å². The molecule has 0 aliphatic carbocycles. The largest absolute Gasteiger partial charge is 0.496 e. The van der Waals surface area contributed by atoms with E-state index in [0.717, 1.165) is 11.3 Å². The summed E-state index contributed by atoms with van der Waals surface area (Å²) in [6.07, 6.45) is 1.58. The third-order valence-corrected chi connectivity index (χ3v) is 2.98. The van der Waals surface area contributed by atoms with E-state index in [4.69, 9.17) is 16.3 Å². The summed E-state index contributed by atoms with van der Waals surface area (Å²) in [5, 5.41) is 0.654. The third-order valence-electron chi connectivity index (χ3n) is 2.75. The number of hydrogen-bond acceptors (Lipinski definition) is 3. The summed E-state index contributed by atoms with van der Waals surface area (Å²) < 4.78 is 5.31. The van der Waals surface area contributed by atoms with Crippen LogP contribution in [0.25, 0.3) is 0 Å². The van der Waals surface area contributed by atoms with Gasteiger partial charge in [-0.3, -0.25) is 0 Å². The summed E-state index contributed by atoms with van der Waals surface area (Å²) >= 11 is 5.99. The van der Waals surface area contributed by atoms with Gasteiger partial charge in [0.15, 0.2) is 0 Å². The Hall–Kier alpha value is -1.31. The molecule has 0 N–H and O–H groups in total. The van der Waals surface area contributed by atoms with Crippen molar-refractivity contribution in [3.8, 4) is 5.75 Å². The quantitative estimate of drug-likeness (QED) is 0.596. The van der Waals surface area contributed by atoms with Gasteiger partial charge in [-0.1, -0.05) is 25.4 Å². The summed E-state index contributed by atoms with van der Waals surface area (Å²) in [5.41, 5.74) is 0.981. The van der Waals surface area contributed by atoms with Gasteiger partial charge in [0.05, 0.1) is 13.7 Å². The molecule has 0 amide bonds. The van der Waals surface area contributed by atoms with Crippen LogP contribution < -0.4 is 4.74 Å². The van der Waals surface area contributed by atoms with E-state index in [2.05, 4.69) is 18.8 Å². The lowest BCUT2D eigenvalue weighted by Crippen LogP contribution is -2.11. The van der Waals surface area contributed by atoms with Crippen LogP contribution in [0.5, 0.6) is 5.75 Å². The molecule has 0 aliphatic heterocycles. The molecule has 3 nitrogen and oxygen atoms in total. The first-order chi connectivity index (χ1) is 8.10. The van der Waals surface area contributed by atoms with Crippen molar-refractivity contribution in [3.63, 3.8) is 0 Å². The number of methoxy groups -OCH3 is 1. The van der Waals surface area contributed by atoms with Crippen LogP contribution in [0.4, 0.5) is 0 Å². The summed E-state index contributed by atoms with van der Waals surface area (Å²) in [6, 6.07) is 5.48. The van der Waals surface area contributed by atoms with E-state index in [0.29, 0.717) is 17.5 Å². The van der Waals surface area contributed by atoms with E-state index in [1.54, 1.807) is 19.3 Å². The fourth-order valence-corrected chi connectivity index (χ4v) is 1.98. The average Bonchev–Trinajstić information content (AvgIpc) is 2.29. The highest BCUT2D eigenvalue weighted by atomic mass is 35.5. The first kappa shape index (κ1) is 13.8. The van der Waals surface area contributed by atoms with Crippen molar-refractivity contribution in [3.05, 3.63) is 28.8 Å². The Kier molecular flexibility index (Phi) is 5.20. The molecule has 0 radical (unpaired) electrons. The van der Waals surface area contributed by atoms with Crippen LogP contribution in [-0.4, -0.2) is 19.7 Å². The second-order valence-corrected chi connectivity index (χ2v) is 4.61. The van der Waals surface area contributed by atoms with Crippen molar-refractivity contribution < 1.29 is 9.53 Å². The number of carbonyl (C=O) groups excluding carboxylic acids is 1. The fraction of sp³-hybridized carbons (Fsp3) is 0.462. The van der Waals surface area contributed by atoms with Crippen molar-refractivity contribution in [1.29, 1.82) is 0 Å². The Balaban J connectivity index is 3.15. The molecule has 0 saturated carbocycles. The van der Waals surface area contributed by atoms with Crippen LogP contribution in [0.15, 0.2) is 23.2 Å². The van der Waals surface area contributed by atoms with Gasteiger partial charge in [0.25, 0.3) is 0 Å². The van der Waals surface area contributed by atoms with Crippen LogP contribution >= 0.6 is 11.6 Å². The molecular weight excluding hydrogens is 238 g/mol. The number of nitrogens with zero attached hydrogens (tertiary/aromatic N) is 1. The van der Waals surface area contributed by atoms with Gasteiger partial charge in [-0.25, -0.2) is 9.79 Å². The predicted octanol–water partition coefficient (Wildman–Crippen LogP) is 3.42. The van der Waals surface area contributed by atoms with Gasteiger partial charge in [-0.05, 0) is 24.1 Å². The Labute approximate surface area is 106 Å². The van der Waals surface area contributed by atoms with E-state index >= 15 is 0 Å². The molecule has 0 aliphatic rings. The molecule has 4 heteroatoms. The number of ether oxygens (including phenoxy) is 1. The smallest absolute Gasteiger partial charge is 0.234 e. The summed E-state index contributed by atoms with van der Waals surface area (Å²) in [4.78, 5) is 13.9. The van der Waals surface area contributed by atoms with Crippen molar-refractivity contribution in [2.45, 2.75) is 19.8 Å². The molecule has 0 heterocycles. The maximum absolute atomic E-state index is 10.2. The lowest BCUT2D eigenvalue weighted by molar-refractivity contribution is 0.395. The molecule has 0 saturated heterocycles. The second-order valence-electron chi connectivity index (χ2n) is 4.17. The van der Waals surface area contributed by atoms with Crippen LogP contribution in [0.3, 0.4) is 0 Å². The van der Waals surface area contributed by atoms with Crippen LogP contribution in [-0.2, 0) is 4.79 Å². The average molecular weight is 254 g/mol. The number of hydrogen-bond donors (Lipinski definition) is 0. The highest BCUT2D eigenvalue weighted by molar-refractivity contribution is 6.30. The normalized spacial score (nSPS) is 12.1. The van der Waals surface area contributed by atoms with Gasteiger partial charge < -0.3 is 4.74 Å². The summed E-state index contributed by atoms with van der Waals surface area (Å²) in [6.45, 7) is 4.55. The zero-order valence-corrected chi connectivity index (χ0v) is 11.0. The van der Waals surface area contributed by atoms with E-state index < -0.39 is 0 Å². The van der Waals surface area contributed by atoms with E-state index in [1.807, 2.05) is 12.1 Å². The van der Waals surface area contributed by atoms with E-state index in [9.17, 15) is 4.79 Å². The maximum Gasteiger partial charge on any atom is 0.234 e. The molecule has 1 rings (SSSR count). The molecule has 0 aromatic heterocycles. The summed E-state index contributed by atoms with van der Waals surface area (Å²) in [7, 11) is 1.62. The Morgan fingerprint density at radius 1 is 1.47 bits per heavy atom. The lowest BCUT2D eigenvalue weighted by Gasteiger charge is -2.21. The maximum atomic E-state index is 10.2.